The maximum atomic E-state index is 13.0. The van der Waals surface area contributed by atoms with Crippen molar-refractivity contribution in [3.8, 4) is 22.8 Å². The predicted molar refractivity (Wildman–Crippen MR) is 75.5 cm³/mol. The summed E-state index contributed by atoms with van der Waals surface area (Å²) >= 11 is 0. The van der Waals surface area contributed by atoms with Crippen molar-refractivity contribution in [2.45, 2.75) is 0 Å². The van der Waals surface area contributed by atoms with E-state index in [1.54, 1.807) is 30.3 Å². The topological polar surface area (TPSA) is 78.8 Å². The minimum absolute atomic E-state index is 0.324. The lowest BCUT2D eigenvalue weighted by molar-refractivity contribution is 0.418. The van der Waals surface area contributed by atoms with Crippen LogP contribution in [-0.2, 0) is 0 Å². The average Bonchev–Trinajstić information content (AvgIpc) is 2.97. The van der Waals surface area contributed by atoms with Crippen LogP contribution in [0.4, 0.5) is 10.1 Å². The number of nitrogens with two attached hydrogens (primary N) is 1. The summed E-state index contributed by atoms with van der Waals surface area (Å²) in [5.41, 5.74) is 7.68. The van der Waals surface area contributed by atoms with E-state index in [0.29, 0.717) is 28.5 Å². The summed E-state index contributed by atoms with van der Waals surface area (Å²) in [6.45, 7) is 0. The zero-order valence-electron chi connectivity index (χ0n) is 11.2. The van der Waals surface area contributed by atoms with Gasteiger partial charge in [0, 0.05) is 0 Å². The zero-order valence-corrected chi connectivity index (χ0v) is 11.2. The Bertz CT molecular complexity index is 769. The van der Waals surface area contributed by atoms with Crippen LogP contribution in [0.1, 0.15) is 0 Å². The SMILES string of the molecule is COc1c(N)cccc1-c1nnnn1-c1ccc(F)cc1. The smallest absolute Gasteiger partial charge is 0.190 e. The first-order chi connectivity index (χ1) is 10.2. The van der Waals surface area contributed by atoms with E-state index in [0.717, 1.165) is 0 Å². The van der Waals surface area contributed by atoms with Gasteiger partial charge >= 0.3 is 0 Å². The molecule has 0 aliphatic rings. The Balaban J connectivity index is 2.16. The first-order valence-corrected chi connectivity index (χ1v) is 6.18. The highest BCUT2D eigenvalue weighted by atomic mass is 19.1. The molecule has 0 radical (unpaired) electrons. The lowest BCUT2D eigenvalue weighted by Crippen LogP contribution is -2.02. The number of methoxy groups -OCH3 is 1. The fourth-order valence-corrected chi connectivity index (χ4v) is 2.07. The molecule has 1 aromatic heterocycles. The Morgan fingerprint density at radius 1 is 1.14 bits per heavy atom. The molecule has 3 rings (SSSR count). The van der Waals surface area contributed by atoms with E-state index in [9.17, 15) is 4.39 Å². The molecule has 0 unspecified atom stereocenters. The summed E-state index contributed by atoms with van der Waals surface area (Å²) in [5, 5.41) is 11.6. The van der Waals surface area contributed by atoms with Gasteiger partial charge in [-0.25, -0.2) is 4.39 Å². The van der Waals surface area contributed by atoms with Gasteiger partial charge in [-0.05, 0) is 46.8 Å². The van der Waals surface area contributed by atoms with Gasteiger partial charge in [-0.15, -0.1) is 5.10 Å². The van der Waals surface area contributed by atoms with Crippen LogP contribution in [-0.4, -0.2) is 27.3 Å². The molecule has 2 aromatic carbocycles. The standard InChI is InChI=1S/C14H12FN5O/c1-21-13-11(3-2-4-12(13)16)14-17-18-19-20(14)10-7-5-9(15)6-8-10/h2-8H,16H2,1H3. The highest BCUT2D eigenvalue weighted by Crippen LogP contribution is 2.33. The van der Waals surface area contributed by atoms with Crippen LogP contribution in [0.15, 0.2) is 42.5 Å². The highest BCUT2D eigenvalue weighted by Gasteiger charge is 2.16. The Morgan fingerprint density at radius 2 is 1.90 bits per heavy atom. The van der Waals surface area contributed by atoms with Gasteiger partial charge in [0.05, 0.1) is 24.0 Å². The molecule has 0 bridgehead atoms. The van der Waals surface area contributed by atoms with Crippen molar-refractivity contribution < 1.29 is 9.13 Å². The monoisotopic (exact) mass is 285 g/mol. The third-order valence-corrected chi connectivity index (χ3v) is 3.03. The van der Waals surface area contributed by atoms with Crippen molar-refractivity contribution in [2.24, 2.45) is 0 Å². The molecule has 0 saturated heterocycles. The van der Waals surface area contributed by atoms with Gasteiger partial charge in [0.2, 0.25) is 0 Å². The van der Waals surface area contributed by atoms with Crippen molar-refractivity contribution >= 4 is 5.69 Å². The Labute approximate surface area is 120 Å². The lowest BCUT2D eigenvalue weighted by atomic mass is 10.1. The minimum Gasteiger partial charge on any atom is -0.494 e. The summed E-state index contributed by atoms with van der Waals surface area (Å²) in [7, 11) is 1.53. The summed E-state index contributed by atoms with van der Waals surface area (Å²) in [4.78, 5) is 0. The number of para-hydroxylation sites is 1. The molecule has 0 spiro atoms. The van der Waals surface area contributed by atoms with Crippen molar-refractivity contribution in [3.63, 3.8) is 0 Å². The van der Waals surface area contributed by atoms with Crippen molar-refractivity contribution in [3.05, 3.63) is 48.3 Å². The summed E-state index contributed by atoms with van der Waals surface area (Å²) in [6.07, 6.45) is 0. The summed E-state index contributed by atoms with van der Waals surface area (Å²) < 4.78 is 19.8. The molecule has 0 aliphatic heterocycles. The molecule has 106 valence electrons. The number of halogens is 1. The number of hydrogen-bond acceptors (Lipinski definition) is 5. The molecule has 0 fully saturated rings. The van der Waals surface area contributed by atoms with Crippen LogP contribution >= 0.6 is 0 Å². The number of tetrazole rings is 1. The number of nitrogen functional groups attached to an aromatic ring is 1. The molecule has 0 amide bonds. The van der Waals surface area contributed by atoms with E-state index in [1.807, 2.05) is 0 Å². The number of ether oxygens (including phenoxy) is 1. The Kier molecular flexibility index (Phi) is 3.23. The summed E-state index contributed by atoms with van der Waals surface area (Å²) in [5.74, 6) is 0.635. The fourth-order valence-electron chi connectivity index (χ4n) is 2.07. The van der Waals surface area contributed by atoms with Gasteiger partial charge in [0.25, 0.3) is 0 Å². The third-order valence-electron chi connectivity index (χ3n) is 3.03. The second kappa shape index (κ2) is 5.20. The van der Waals surface area contributed by atoms with Crippen LogP contribution in [0, 0.1) is 5.82 Å². The molecule has 1 heterocycles. The van der Waals surface area contributed by atoms with E-state index in [1.165, 1.54) is 23.9 Å². The van der Waals surface area contributed by atoms with Crippen molar-refractivity contribution in [1.29, 1.82) is 0 Å². The molecule has 2 N–H and O–H groups in total. The first-order valence-electron chi connectivity index (χ1n) is 6.18. The van der Waals surface area contributed by atoms with Gasteiger partial charge in [0.15, 0.2) is 11.6 Å². The average molecular weight is 285 g/mol. The lowest BCUT2D eigenvalue weighted by Gasteiger charge is -2.10. The second-order valence-corrected chi connectivity index (χ2v) is 4.32. The van der Waals surface area contributed by atoms with E-state index in [2.05, 4.69) is 15.5 Å². The van der Waals surface area contributed by atoms with E-state index in [-0.39, 0.29) is 5.82 Å². The van der Waals surface area contributed by atoms with Gasteiger partial charge in [-0.1, -0.05) is 6.07 Å². The number of aromatic nitrogens is 4. The van der Waals surface area contributed by atoms with Crippen molar-refractivity contribution in [1.82, 2.24) is 20.2 Å². The van der Waals surface area contributed by atoms with Gasteiger partial charge < -0.3 is 10.5 Å². The maximum absolute atomic E-state index is 13.0. The number of anilines is 1. The first kappa shape index (κ1) is 13.0. The third kappa shape index (κ3) is 2.29. The van der Waals surface area contributed by atoms with Gasteiger partial charge in [-0.3, -0.25) is 0 Å². The van der Waals surface area contributed by atoms with Gasteiger partial charge in [0.1, 0.15) is 5.82 Å². The Hall–Kier alpha value is -2.96. The normalized spacial score (nSPS) is 10.6. The van der Waals surface area contributed by atoms with E-state index >= 15 is 0 Å². The molecule has 3 aromatic rings. The largest absolute Gasteiger partial charge is 0.494 e. The quantitative estimate of drug-likeness (QED) is 0.745. The molecular weight excluding hydrogens is 273 g/mol. The van der Waals surface area contributed by atoms with Crippen LogP contribution in [0.5, 0.6) is 5.75 Å². The van der Waals surface area contributed by atoms with Gasteiger partial charge in [-0.2, -0.15) is 4.68 Å². The highest BCUT2D eigenvalue weighted by molar-refractivity contribution is 5.73. The number of nitrogens with zero attached hydrogens (tertiary/aromatic N) is 4. The number of hydrogen-bond donors (Lipinski definition) is 1. The summed E-state index contributed by atoms with van der Waals surface area (Å²) in [6, 6.07) is 11.2. The van der Waals surface area contributed by atoms with Crippen LogP contribution < -0.4 is 10.5 Å². The molecule has 0 aliphatic carbocycles. The zero-order chi connectivity index (χ0) is 14.8. The fraction of sp³-hybridized carbons (Fsp3) is 0.0714. The maximum Gasteiger partial charge on any atom is 0.190 e. The van der Waals surface area contributed by atoms with Crippen LogP contribution in [0.2, 0.25) is 0 Å². The van der Waals surface area contributed by atoms with E-state index in [4.69, 9.17) is 10.5 Å². The number of benzene rings is 2. The second-order valence-electron chi connectivity index (χ2n) is 4.32. The molecule has 0 saturated carbocycles. The molecular formula is C14H12FN5O. The molecule has 7 heteroatoms. The Morgan fingerprint density at radius 3 is 2.62 bits per heavy atom. The van der Waals surface area contributed by atoms with Crippen molar-refractivity contribution in [2.75, 3.05) is 12.8 Å². The molecule has 0 atom stereocenters. The molecule has 21 heavy (non-hydrogen) atoms. The number of rotatable bonds is 3. The minimum atomic E-state index is -0.324. The van der Waals surface area contributed by atoms with Crippen LogP contribution in [0.3, 0.4) is 0 Å². The van der Waals surface area contributed by atoms with Crippen LogP contribution in [0.25, 0.3) is 17.1 Å². The molecule has 6 nitrogen and oxygen atoms in total. The predicted octanol–water partition coefficient (Wildman–Crippen LogP) is 2.06. The van der Waals surface area contributed by atoms with E-state index < -0.39 is 0 Å².